The highest BCUT2D eigenvalue weighted by atomic mass is 35.5. The SMILES string of the molecule is COc1cc(C)c(CNCC(=O)O)cc1Cl. The Kier molecular flexibility index (Phi) is 4.58. The number of hydrogen-bond donors (Lipinski definition) is 2. The topological polar surface area (TPSA) is 58.6 Å². The van der Waals surface area contributed by atoms with E-state index in [9.17, 15) is 4.79 Å². The van der Waals surface area contributed by atoms with Gasteiger partial charge >= 0.3 is 5.97 Å². The van der Waals surface area contributed by atoms with Crippen molar-refractivity contribution in [2.45, 2.75) is 13.5 Å². The lowest BCUT2D eigenvalue weighted by Gasteiger charge is -2.10. The Morgan fingerprint density at radius 2 is 2.25 bits per heavy atom. The molecule has 0 saturated heterocycles. The van der Waals surface area contributed by atoms with Gasteiger partial charge in [-0.3, -0.25) is 4.79 Å². The van der Waals surface area contributed by atoms with E-state index in [1.165, 1.54) is 0 Å². The van der Waals surface area contributed by atoms with Crippen LogP contribution in [0.5, 0.6) is 5.75 Å². The van der Waals surface area contributed by atoms with Gasteiger partial charge in [-0.25, -0.2) is 0 Å². The van der Waals surface area contributed by atoms with Crippen molar-refractivity contribution in [2.75, 3.05) is 13.7 Å². The molecule has 0 spiro atoms. The van der Waals surface area contributed by atoms with Gasteiger partial charge in [-0.1, -0.05) is 11.6 Å². The third-order valence-corrected chi connectivity index (χ3v) is 2.50. The highest BCUT2D eigenvalue weighted by Gasteiger charge is 2.06. The molecule has 0 fully saturated rings. The number of ether oxygens (including phenoxy) is 1. The summed E-state index contributed by atoms with van der Waals surface area (Å²) in [5.41, 5.74) is 1.98. The van der Waals surface area contributed by atoms with E-state index in [2.05, 4.69) is 5.32 Å². The lowest BCUT2D eigenvalue weighted by Crippen LogP contribution is -2.22. The summed E-state index contributed by atoms with van der Waals surface area (Å²) >= 11 is 5.97. The number of carboxylic acid groups (broad SMARTS) is 1. The fourth-order valence-corrected chi connectivity index (χ4v) is 1.61. The molecule has 5 heteroatoms. The molecule has 0 atom stereocenters. The van der Waals surface area contributed by atoms with E-state index in [1.807, 2.05) is 13.0 Å². The van der Waals surface area contributed by atoms with Crippen molar-refractivity contribution < 1.29 is 14.6 Å². The van der Waals surface area contributed by atoms with Crippen molar-refractivity contribution >= 4 is 17.6 Å². The second kappa shape index (κ2) is 5.72. The Bertz CT molecular complexity index is 393. The third-order valence-electron chi connectivity index (χ3n) is 2.20. The molecule has 0 unspecified atom stereocenters. The predicted octanol–water partition coefficient (Wildman–Crippen LogP) is 1.83. The van der Waals surface area contributed by atoms with Gasteiger partial charge in [-0.2, -0.15) is 0 Å². The molecule has 0 heterocycles. The standard InChI is InChI=1S/C11H14ClNO3/c1-7-3-10(16-2)9(12)4-8(7)5-13-6-11(14)15/h3-4,13H,5-6H2,1-2H3,(H,14,15). The van der Waals surface area contributed by atoms with E-state index >= 15 is 0 Å². The molecule has 88 valence electrons. The van der Waals surface area contributed by atoms with Crippen molar-refractivity contribution in [3.05, 3.63) is 28.3 Å². The van der Waals surface area contributed by atoms with Crippen LogP contribution >= 0.6 is 11.6 Å². The Labute approximate surface area is 99.2 Å². The molecule has 4 nitrogen and oxygen atoms in total. The van der Waals surface area contributed by atoms with Crippen LogP contribution in [0.25, 0.3) is 0 Å². The molecule has 0 saturated carbocycles. The Balaban J connectivity index is 2.73. The van der Waals surface area contributed by atoms with Gasteiger partial charge < -0.3 is 15.2 Å². The molecule has 0 bridgehead atoms. The van der Waals surface area contributed by atoms with Gasteiger partial charge in [0.25, 0.3) is 0 Å². The summed E-state index contributed by atoms with van der Waals surface area (Å²) in [6, 6.07) is 3.62. The van der Waals surface area contributed by atoms with E-state index in [0.29, 0.717) is 17.3 Å². The Morgan fingerprint density at radius 3 is 2.81 bits per heavy atom. The highest BCUT2D eigenvalue weighted by molar-refractivity contribution is 6.32. The molecule has 0 aliphatic heterocycles. The van der Waals surface area contributed by atoms with Crippen LogP contribution in [0.2, 0.25) is 5.02 Å². The number of benzene rings is 1. The number of methoxy groups -OCH3 is 1. The van der Waals surface area contributed by atoms with Crippen LogP contribution in [0.1, 0.15) is 11.1 Å². The zero-order chi connectivity index (χ0) is 12.1. The van der Waals surface area contributed by atoms with E-state index in [1.54, 1.807) is 13.2 Å². The van der Waals surface area contributed by atoms with Crippen molar-refractivity contribution in [3.8, 4) is 5.75 Å². The Hall–Kier alpha value is -1.26. The number of aliphatic carboxylic acids is 1. The zero-order valence-corrected chi connectivity index (χ0v) is 9.97. The van der Waals surface area contributed by atoms with Gasteiger partial charge in [-0.05, 0) is 30.2 Å². The van der Waals surface area contributed by atoms with Crippen LogP contribution in [0.3, 0.4) is 0 Å². The number of carboxylic acids is 1. The largest absolute Gasteiger partial charge is 0.495 e. The van der Waals surface area contributed by atoms with Crippen LogP contribution in [0.15, 0.2) is 12.1 Å². The average molecular weight is 244 g/mol. The third kappa shape index (κ3) is 3.40. The van der Waals surface area contributed by atoms with Crippen molar-refractivity contribution in [1.82, 2.24) is 5.32 Å². The van der Waals surface area contributed by atoms with E-state index in [-0.39, 0.29) is 6.54 Å². The molecule has 1 aromatic carbocycles. The molecule has 0 aliphatic rings. The molecule has 0 amide bonds. The first-order valence-electron chi connectivity index (χ1n) is 4.80. The van der Waals surface area contributed by atoms with Crippen LogP contribution < -0.4 is 10.1 Å². The summed E-state index contributed by atoms with van der Waals surface area (Å²) in [6.45, 7) is 2.33. The van der Waals surface area contributed by atoms with Gasteiger partial charge in [0.15, 0.2) is 0 Å². The van der Waals surface area contributed by atoms with Crippen LogP contribution in [-0.2, 0) is 11.3 Å². The predicted molar refractivity (Wildman–Crippen MR) is 62.1 cm³/mol. The lowest BCUT2D eigenvalue weighted by atomic mass is 10.1. The second-order valence-corrected chi connectivity index (χ2v) is 3.82. The smallest absolute Gasteiger partial charge is 0.317 e. The van der Waals surface area contributed by atoms with E-state index in [4.69, 9.17) is 21.4 Å². The Morgan fingerprint density at radius 1 is 1.56 bits per heavy atom. The molecule has 0 aliphatic carbocycles. The fraction of sp³-hybridized carbons (Fsp3) is 0.364. The van der Waals surface area contributed by atoms with Crippen LogP contribution in [0.4, 0.5) is 0 Å². The number of hydrogen-bond acceptors (Lipinski definition) is 3. The molecule has 2 N–H and O–H groups in total. The van der Waals surface area contributed by atoms with Crippen LogP contribution in [-0.4, -0.2) is 24.7 Å². The molecular weight excluding hydrogens is 230 g/mol. The number of aryl methyl sites for hydroxylation is 1. The minimum absolute atomic E-state index is 0.0664. The number of rotatable bonds is 5. The maximum absolute atomic E-state index is 10.3. The summed E-state index contributed by atoms with van der Waals surface area (Å²) in [5, 5.41) is 11.8. The molecule has 0 radical (unpaired) electrons. The molecule has 1 aromatic rings. The van der Waals surface area contributed by atoms with E-state index < -0.39 is 5.97 Å². The summed E-state index contributed by atoms with van der Waals surface area (Å²) in [4.78, 5) is 10.3. The van der Waals surface area contributed by atoms with Crippen LogP contribution in [0, 0.1) is 6.92 Å². The maximum Gasteiger partial charge on any atom is 0.317 e. The quantitative estimate of drug-likeness (QED) is 0.829. The number of carbonyl (C=O) groups is 1. The van der Waals surface area contributed by atoms with Gasteiger partial charge in [-0.15, -0.1) is 0 Å². The van der Waals surface area contributed by atoms with Gasteiger partial charge in [0.2, 0.25) is 0 Å². The monoisotopic (exact) mass is 243 g/mol. The number of halogens is 1. The lowest BCUT2D eigenvalue weighted by molar-refractivity contribution is -0.135. The maximum atomic E-state index is 10.3. The molecule has 16 heavy (non-hydrogen) atoms. The molecule has 0 aromatic heterocycles. The van der Waals surface area contributed by atoms with Crippen molar-refractivity contribution in [2.24, 2.45) is 0 Å². The summed E-state index contributed by atoms with van der Waals surface area (Å²) in [6.07, 6.45) is 0. The summed E-state index contributed by atoms with van der Waals surface area (Å²) in [5.74, 6) is -0.251. The highest BCUT2D eigenvalue weighted by Crippen LogP contribution is 2.27. The first kappa shape index (κ1) is 12.8. The van der Waals surface area contributed by atoms with Gasteiger partial charge in [0, 0.05) is 6.54 Å². The average Bonchev–Trinajstić information content (AvgIpc) is 2.22. The molecular formula is C11H14ClNO3. The summed E-state index contributed by atoms with van der Waals surface area (Å²) < 4.78 is 5.08. The van der Waals surface area contributed by atoms with E-state index in [0.717, 1.165) is 11.1 Å². The molecule has 1 rings (SSSR count). The van der Waals surface area contributed by atoms with Crippen molar-refractivity contribution in [3.63, 3.8) is 0 Å². The zero-order valence-electron chi connectivity index (χ0n) is 9.21. The summed E-state index contributed by atoms with van der Waals surface area (Å²) in [7, 11) is 1.56. The minimum atomic E-state index is -0.878. The van der Waals surface area contributed by atoms with Crippen molar-refractivity contribution in [1.29, 1.82) is 0 Å². The normalized spacial score (nSPS) is 10.2. The first-order valence-corrected chi connectivity index (χ1v) is 5.18. The second-order valence-electron chi connectivity index (χ2n) is 3.41. The first-order chi connectivity index (χ1) is 7.54. The minimum Gasteiger partial charge on any atom is -0.495 e. The number of nitrogens with one attached hydrogen (secondary N) is 1. The van der Waals surface area contributed by atoms with Gasteiger partial charge in [0.1, 0.15) is 5.75 Å². The van der Waals surface area contributed by atoms with Gasteiger partial charge in [0.05, 0.1) is 18.7 Å². The fourth-order valence-electron chi connectivity index (χ4n) is 1.35.